The molecule has 0 aliphatic heterocycles. The molecule has 8 heteroatoms. The van der Waals surface area contributed by atoms with Gasteiger partial charge in [0.1, 0.15) is 29.5 Å². The molecule has 0 amide bonds. The maximum absolute atomic E-state index is 12.9. The summed E-state index contributed by atoms with van der Waals surface area (Å²) in [6.07, 6.45) is 3.16. The van der Waals surface area contributed by atoms with Crippen LogP contribution in [0.2, 0.25) is 0 Å². The molecule has 1 fully saturated rings. The normalized spacial score (nSPS) is 14.6. The highest BCUT2D eigenvalue weighted by molar-refractivity contribution is 6.05. The van der Waals surface area contributed by atoms with Crippen molar-refractivity contribution in [2.45, 2.75) is 38.5 Å². The second-order valence-corrected chi connectivity index (χ2v) is 7.78. The Morgan fingerprint density at radius 1 is 1.26 bits per heavy atom. The number of carboxylic acids is 1. The van der Waals surface area contributed by atoms with Gasteiger partial charge in [0.05, 0.1) is 6.20 Å². The molecule has 1 saturated carbocycles. The molecule has 2 aromatic carbocycles. The minimum atomic E-state index is -1.13. The number of aromatic nitrogens is 2. The highest BCUT2D eigenvalue weighted by Gasteiger charge is 2.27. The van der Waals surface area contributed by atoms with E-state index < -0.39 is 18.1 Å². The second-order valence-electron chi connectivity index (χ2n) is 7.78. The first kappa shape index (κ1) is 19.2. The van der Waals surface area contributed by atoms with Crippen LogP contribution in [0.1, 0.15) is 31.4 Å². The highest BCUT2D eigenvalue weighted by atomic mass is 16.5. The standard InChI is InChI=1S/C23H21N3O5/c1-13(14-6-9-20-17(10-14)16-4-2-3-5-19(16)31-20)25-18-11-24-23(30-15-7-8-15)26(22(18)29)12-21(27)28/h2-6,9-11,13,15,25H,7-8,12H2,1H3,(H,27,28)/t13-/m1/s1. The van der Waals surface area contributed by atoms with Gasteiger partial charge in [0, 0.05) is 16.8 Å². The average Bonchev–Trinajstić information content (AvgIpc) is 3.49. The SMILES string of the molecule is C[C@@H](Nc1cnc(OC2CC2)n(CC(=O)O)c1=O)c1ccc2oc3ccccc3c2c1. The van der Waals surface area contributed by atoms with Crippen LogP contribution < -0.4 is 15.6 Å². The molecule has 5 rings (SSSR count). The smallest absolute Gasteiger partial charge is 0.323 e. The van der Waals surface area contributed by atoms with Crippen molar-refractivity contribution in [3.8, 4) is 6.01 Å². The van der Waals surface area contributed by atoms with Gasteiger partial charge < -0.3 is 19.6 Å². The summed E-state index contributed by atoms with van der Waals surface area (Å²) in [5, 5.41) is 14.4. The first-order valence-corrected chi connectivity index (χ1v) is 10.2. The Hall–Kier alpha value is -3.81. The zero-order valence-corrected chi connectivity index (χ0v) is 16.9. The monoisotopic (exact) mass is 419 g/mol. The van der Waals surface area contributed by atoms with E-state index in [-0.39, 0.29) is 23.8 Å². The first-order chi connectivity index (χ1) is 15.0. The number of benzene rings is 2. The number of carboxylic acid groups (broad SMARTS) is 1. The summed E-state index contributed by atoms with van der Waals surface area (Å²) in [5.41, 5.74) is 2.32. The van der Waals surface area contributed by atoms with Gasteiger partial charge in [-0.1, -0.05) is 24.3 Å². The van der Waals surface area contributed by atoms with E-state index in [4.69, 9.17) is 9.15 Å². The summed E-state index contributed by atoms with van der Waals surface area (Å²) in [6.45, 7) is 1.42. The first-order valence-electron chi connectivity index (χ1n) is 10.2. The van der Waals surface area contributed by atoms with Crippen LogP contribution in [-0.4, -0.2) is 26.7 Å². The van der Waals surface area contributed by atoms with E-state index in [1.165, 1.54) is 6.20 Å². The fourth-order valence-corrected chi connectivity index (χ4v) is 3.61. The van der Waals surface area contributed by atoms with Crippen LogP contribution >= 0.6 is 0 Å². The Morgan fingerprint density at radius 2 is 2.03 bits per heavy atom. The van der Waals surface area contributed by atoms with Crippen LogP contribution in [0.25, 0.3) is 21.9 Å². The summed E-state index contributed by atoms with van der Waals surface area (Å²) >= 11 is 0. The number of para-hydroxylation sites is 1. The molecule has 2 N–H and O–H groups in total. The number of nitrogens with zero attached hydrogens (tertiary/aromatic N) is 2. The van der Waals surface area contributed by atoms with Crippen LogP contribution in [0.5, 0.6) is 6.01 Å². The number of aliphatic carboxylic acids is 1. The lowest BCUT2D eigenvalue weighted by Crippen LogP contribution is -2.29. The lowest BCUT2D eigenvalue weighted by Gasteiger charge is -2.17. The third-order valence-corrected chi connectivity index (χ3v) is 5.37. The number of nitrogens with one attached hydrogen (secondary N) is 1. The van der Waals surface area contributed by atoms with Crippen molar-refractivity contribution in [2.24, 2.45) is 0 Å². The maximum atomic E-state index is 12.9. The van der Waals surface area contributed by atoms with Crippen LogP contribution in [0, 0.1) is 0 Å². The minimum absolute atomic E-state index is 0.00110. The molecule has 0 bridgehead atoms. The molecule has 0 spiro atoms. The van der Waals surface area contributed by atoms with Gasteiger partial charge in [-0.05, 0) is 43.5 Å². The number of hydrogen-bond acceptors (Lipinski definition) is 6. The largest absolute Gasteiger partial charge is 0.480 e. The molecule has 4 aromatic rings. The molecule has 158 valence electrons. The highest BCUT2D eigenvalue weighted by Crippen LogP contribution is 2.31. The van der Waals surface area contributed by atoms with E-state index >= 15 is 0 Å². The number of anilines is 1. The van der Waals surface area contributed by atoms with Gasteiger partial charge >= 0.3 is 5.97 Å². The van der Waals surface area contributed by atoms with E-state index in [2.05, 4.69) is 10.3 Å². The van der Waals surface area contributed by atoms with Gasteiger partial charge in [-0.3, -0.25) is 9.59 Å². The summed E-state index contributed by atoms with van der Waals surface area (Å²) in [4.78, 5) is 28.4. The molecule has 31 heavy (non-hydrogen) atoms. The van der Waals surface area contributed by atoms with Crippen LogP contribution in [0.15, 0.2) is 57.9 Å². The molecule has 8 nitrogen and oxygen atoms in total. The molecule has 2 heterocycles. The Bertz CT molecular complexity index is 1350. The minimum Gasteiger partial charge on any atom is -0.480 e. The Balaban J connectivity index is 1.46. The summed E-state index contributed by atoms with van der Waals surface area (Å²) in [6, 6.07) is 13.5. The van der Waals surface area contributed by atoms with Crippen molar-refractivity contribution in [3.05, 3.63) is 64.6 Å². The van der Waals surface area contributed by atoms with Gasteiger partial charge in [0.25, 0.3) is 11.6 Å². The number of furan rings is 1. The molecule has 0 radical (unpaired) electrons. The van der Waals surface area contributed by atoms with Crippen molar-refractivity contribution >= 4 is 33.6 Å². The summed E-state index contributed by atoms with van der Waals surface area (Å²) in [5.74, 6) is -1.13. The lowest BCUT2D eigenvalue weighted by molar-refractivity contribution is -0.137. The number of rotatable bonds is 7. The second kappa shape index (κ2) is 7.46. The topological polar surface area (TPSA) is 107 Å². The van der Waals surface area contributed by atoms with Gasteiger partial charge in [-0.2, -0.15) is 0 Å². The van der Waals surface area contributed by atoms with Crippen molar-refractivity contribution in [2.75, 3.05) is 5.32 Å². The lowest BCUT2D eigenvalue weighted by atomic mass is 10.0. The van der Waals surface area contributed by atoms with Crippen molar-refractivity contribution in [1.82, 2.24) is 9.55 Å². The van der Waals surface area contributed by atoms with E-state index in [9.17, 15) is 14.7 Å². The Morgan fingerprint density at radius 3 is 2.81 bits per heavy atom. The van der Waals surface area contributed by atoms with Gasteiger partial charge in [-0.15, -0.1) is 0 Å². The fourth-order valence-electron chi connectivity index (χ4n) is 3.61. The third-order valence-electron chi connectivity index (χ3n) is 5.37. The molecule has 1 atom stereocenters. The van der Waals surface area contributed by atoms with Gasteiger partial charge in [0.2, 0.25) is 0 Å². The number of ether oxygens (including phenoxy) is 1. The van der Waals surface area contributed by atoms with E-state index in [1.807, 2.05) is 49.4 Å². The van der Waals surface area contributed by atoms with E-state index in [1.54, 1.807) is 0 Å². The molecule has 0 unspecified atom stereocenters. The van der Waals surface area contributed by atoms with Gasteiger partial charge in [0.15, 0.2) is 0 Å². The maximum Gasteiger partial charge on any atom is 0.323 e. The quantitative estimate of drug-likeness (QED) is 0.467. The zero-order valence-electron chi connectivity index (χ0n) is 16.9. The van der Waals surface area contributed by atoms with Crippen molar-refractivity contribution < 1.29 is 19.1 Å². The Kier molecular flexibility index (Phi) is 4.62. The van der Waals surface area contributed by atoms with Crippen LogP contribution in [0.4, 0.5) is 5.69 Å². The predicted molar refractivity (Wildman–Crippen MR) is 116 cm³/mol. The number of fused-ring (bicyclic) bond motifs is 3. The molecular weight excluding hydrogens is 398 g/mol. The molecule has 1 aliphatic carbocycles. The summed E-state index contributed by atoms with van der Waals surface area (Å²) in [7, 11) is 0. The summed E-state index contributed by atoms with van der Waals surface area (Å²) < 4.78 is 12.5. The van der Waals surface area contributed by atoms with Crippen molar-refractivity contribution in [1.29, 1.82) is 0 Å². The molecule has 0 saturated heterocycles. The zero-order chi connectivity index (χ0) is 21.5. The van der Waals surface area contributed by atoms with E-state index in [0.717, 1.165) is 44.9 Å². The number of carbonyl (C=O) groups is 1. The third kappa shape index (κ3) is 3.72. The molecule has 1 aliphatic rings. The average molecular weight is 419 g/mol. The van der Waals surface area contributed by atoms with E-state index in [0.29, 0.717) is 0 Å². The molecule has 2 aromatic heterocycles. The van der Waals surface area contributed by atoms with Crippen LogP contribution in [-0.2, 0) is 11.3 Å². The molecular formula is C23H21N3O5. The van der Waals surface area contributed by atoms with Crippen molar-refractivity contribution in [3.63, 3.8) is 0 Å². The fraction of sp³-hybridized carbons (Fsp3) is 0.261. The van der Waals surface area contributed by atoms with Crippen LogP contribution in [0.3, 0.4) is 0 Å². The number of hydrogen-bond donors (Lipinski definition) is 2. The predicted octanol–water partition coefficient (Wildman–Crippen LogP) is 3.94. The Labute approximate surface area is 177 Å². The van der Waals surface area contributed by atoms with Gasteiger partial charge in [-0.25, -0.2) is 9.55 Å².